The van der Waals surface area contributed by atoms with Crippen molar-refractivity contribution in [3.05, 3.63) is 35.4 Å². The molecule has 1 aromatic rings. The minimum absolute atomic E-state index is 0.237. The average molecular weight is 268 g/mol. The molecule has 106 valence electrons. The first kappa shape index (κ1) is 14.4. The Balaban J connectivity index is 2.11. The fraction of sp³-hybridized carbons (Fsp3) is 0.600. The normalized spacial score (nSPS) is 26.4. The van der Waals surface area contributed by atoms with Gasteiger partial charge in [-0.05, 0) is 51.8 Å². The molecule has 2 nitrogen and oxygen atoms in total. The maximum atomic E-state index is 13.7. The third-order valence-corrected chi connectivity index (χ3v) is 3.96. The lowest BCUT2D eigenvalue weighted by molar-refractivity contribution is 0.0314. The molecule has 0 aliphatic carbocycles. The van der Waals surface area contributed by atoms with Gasteiger partial charge in [-0.3, -0.25) is 0 Å². The van der Waals surface area contributed by atoms with Gasteiger partial charge >= 0.3 is 0 Å². The number of benzene rings is 1. The quantitative estimate of drug-likeness (QED) is 0.897. The predicted molar refractivity (Wildman–Crippen MR) is 72.5 cm³/mol. The van der Waals surface area contributed by atoms with Crippen molar-refractivity contribution >= 4 is 0 Å². The third kappa shape index (κ3) is 3.31. The molecule has 4 heteroatoms. The van der Waals surface area contributed by atoms with Gasteiger partial charge in [-0.1, -0.05) is 6.42 Å². The van der Waals surface area contributed by atoms with Crippen LogP contribution in [0.4, 0.5) is 8.78 Å². The molecule has 0 amide bonds. The summed E-state index contributed by atoms with van der Waals surface area (Å²) < 4.78 is 27.0. The van der Waals surface area contributed by atoms with Crippen LogP contribution in [0, 0.1) is 11.6 Å². The molecule has 1 fully saturated rings. The number of hydrogen-bond acceptors (Lipinski definition) is 2. The van der Waals surface area contributed by atoms with Crippen LogP contribution in [0.1, 0.15) is 51.6 Å². The highest BCUT2D eigenvalue weighted by molar-refractivity contribution is 5.21. The first-order chi connectivity index (χ1) is 8.99. The topological polar surface area (TPSA) is 15.3 Å². The fourth-order valence-corrected chi connectivity index (χ4v) is 2.82. The summed E-state index contributed by atoms with van der Waals surface area (Å²) in [4.78, 5) is 0. The zero-order chi connectivity index (χ0) is 14.0. The van der Waals surface area contributed by atoms with Crippen molar-refractivity contribution in [1.29, 1.82) is 0 Å². The second-order valence-corrected chi connectivity index (χ2v) is 5.55. The minimum Gasteiger partial charge on any atom is -0.247 e. The van der Waals surface area contributed by atoms with Crippen molar-refractivity contribution in [3.8, 4) is 0 Å². The molecule has 0 saturated carbocycles. The molecule has 1 aliphatic rings. The van der Waals surface area contributed by atoms with Crippen molar-refractivity contribution in [3.63, 3.8) is 0 Å². The highest BCUT2D eigenvalue weighted by atomic mass is 19.1. The molecule has 2 rings (SSSR count). The van der Waals surface area contributed by atoms with Gasteiger partial charge in [0.25, 0.3) is 0 Å². The van der Waals surface area contributed by atoms with Crippen LogP contribution < -0.4 is 5.43 Å². The number of nitrogens with one attached hydrogen (secondary N) is 1. The second-order valence-electron chi connectivity index (χ2n) is 5.55. The van der Waals surface area contributed by atoms with E-state index in [1.54, 1.807) is 0 Å². The van der Waals surface area contributed by atoms with Gasteiger partial charge in [0.15, 0.2) is 0 Å². The van der Waals surface area contributed by atoms with E-state index < -0.39 is 5.82 Å². The Kier molecular flexibility index (Phi) is 4.53. The highest BCUT2D eigenvalue weighted by Crippen LogP contribution is 2.24. The molecule has 3 atom stereocenters. The Hall–Kier alpha value is -1.00. The van der Waals surface area contributed by atoms with Crippen molar-refractivity contribution in [1.82, 2.24) is 10.4 Å². The van der Waals surface area contributed by atoms with Gasteiger partial charge in [0.1, 0.15) is 11.6 Å². The number of rotatable bonds is 3. The molecule has 3 unspecified atom stereocenters. The molecule has 0 radical (unpaired) electrons. The van der Waals surface area contributed by atoms with Gasteiger partial charge in [-0.25, -0.2) is 19.2 Å². The SMILES string of the molecule is CC(NN1C(C)CCCC1C)c1cc(F)ccc1F. The first-order valence-electron chi connectivity index (χ1n) is 6.98. The molecule has 19 heavy (non-hydrogen) atoms. The lowest BCUT2D eigenvalue weighted by Gasteiger charge is -2.41. The Morgan fingerprint density at radius 2 is 1.84 bits per heavy atom. The summed E-state index contributed by atoms with van der Waals surface area (Å²) in [6, 6.07) is 4.21. The number of hydrazine groups is 1. The second kappa shape index (κ2) is 5.97. The number of hydrogen-bond donors (Lipinski definition) is 1. The summed E-state index contributed by atoms with van der Waals surface area (Å²) in [6.07, 6.45) is 3.49. The van der Waals surface area contributed by atoms with Crippen LogP contribution in [0.15, 0.2) is 18.2 Å². The number of nitrogens with zero attached hydrogens (tertiary/aromatic N) is 1. The van der Waals surface area contributed by atoms with Crippen LogP contribution in [-0.4, -0.2) is 17.1 Å². The van der Waals surface area contributed by atoms with Gasteiger partial charge in [-0.15, -0.1) is 0 Å². The van der Waals surface area contributed by atoms with Crippen LogP contribution in [-0.2, 0) is 0 Å². The van der Waals surface area contributed by atoms with E-state index in [9.17, 15) is 8.78 Å². The molecule has 1 heterocycles. The average Bonchev–Trinajstić information content (AvgIpc) is 2.37. The van der Waals surface area contributed by atoms with E-state index >= 15 is 0 Å². The monoisotopic (exact) mass is 268 g/mol. The van der Waals surface area contributed by atoms with E-state index in [4.69, 9.17) is 0 Å². The van der Waals surface area contributed by atoms with Gasteiger partial charge in [0.2, 0.25) is 0 Å². The van der Waals surface area contributed by atoms with Crippen molar-refractivity contribution in [2.24, 2.45) is 0 Å². The van der Waals surface area contributed by atoms with Gasteiger partial charge in [0.05, 0.1) is 0 Å². The van der Waals surface area contributed by atoms with Gasteiger partial charge in [-0.2, -0.15) is 0 Å². The van der Waals surface area contributed by atoms with Crippen molar-refractivity contribution in [2.75, 3.05) is 0 Å². The van der Waals surface area contributed by atoms with E-state index in [1.165, 1.54) is 18.6 Å². The van der Waals surface area contributed by atoms with Crippen molar-refractivity contribution < 1.29 is 8.78 Å². The molecule has 1 saturated heterocycles. The third-order valence-electron chi connectivity index (χ3n) is 3.96. The Labute approximate surface area is 113 Å². The molecule has 1 aromatic carbocycles. The molecule has 0 bridgehead atoms. The maximum absolute atomic E-state index is 13.7. The van der Waals surface area contributed by atoms with E-state index in [1.807, 2.05) is 6.92 Å². The van der Waals surface area contributed by atoms with Gasteiger partial charge < -0.3 is 0 Å². The molecule has 0 spiro atoms. The van der Waals surface area contributed by atoms with E-state index in [0.29, 0.717) is 17.6 Å². The molecular formula is C15H22F2N2. The van der Waals surface area contributed by atoms with Crippen LogP contribution >= 0.6 is 0 Å². The Morgan fingerprint density at radius 1 is 1.21 bits per heavy atom. The van der Waals surface area contributed by atoms with Crippen LogP contribution in [0.5, 0.6) is 0 Å². The predicted octanol–water partition coefficient (Wildman–Crippen LogP) is 3.79. The summed E-state index contributed by atoms with van der Waals surface area (Å²) in [5.41, 5.74) is 3.71. The lowest BCUT2D eigenvalue weighted by atomic mass is 9.99. The lowest BCUT2D eigenvalue weighted by Crippen LogP contribution is -2.52. The summed E-state index contributed by atoms with van der Waals surface area (Å²) in [7, 11) is 0. The summed E-state index contributed by atoms with van der Waals surface area (Å²) in [5.74, 6) is -0.761. The maximum Gasteiger partial charge on any atom is 0.128 e. The zero-order valence-corrected chi connectivity index (χ0v) is 11.8. The Morgan fingerprint density at radius 3 is 2.47 bits per heavy atom. The van der Waals surface area contributed by atoms with Crippen LogP contribution in [0.2, 0.25) is 0 Å². The molecule has 1 aliphatic heterocycles. The number of halogens is 2. The molecule has 0 aromatic heterocycles. The van der Waals surface area contributed by atoms with Gasteiger partial charge in [0, 0.05) is 23.7 Å². The van der Waals surface area contributed by atoms with E-state index in [2.05, 4.69) is 24.3 Å². The minimum atomic E-state index is -0.398. The highest BCUT2D eigenvalue weighted by Gasteiger charge is 2.26. The standard InChI is InChI=1S/C15H22F2N2/c1-10-5-4-6-11(2)19(10)18-12(3)14-9-13(16)7-8-15(14)17/h7-12,18H,4-6H2,1-3H3. The summed E-state index contributed by atoms with van der Waals surface area (Å²) in [5, 5.41) is 2.18. The molecular weight excluding hydrogens is 246 g/mol. The zero-order valence-electron chi connectivity index (χ0n) is 11.8. The summed E-state index contributed by atoms with van der Waals surface area (Å²) in [6.45, 7) is 6.19. The Bertz CT molecular complexity index is 426. The van der Waals surface area contributed by atoms with Crippen molar-refractivity contribution in [2.45, 2.75) is 58.2 Å². The van der Waals surface area contributed by atoms with Crippen LogP contribution in [0.3, 0.4) is 0 Å². The van der Waals surface area contributed by atoms with E-state index in [-0.39, 0.29) is 11.9 Å². The molecule has 1 N–H and O–H groups in total. The number of piperidine rings is 1. The van der Waals surface area contributed by atoms with E-state index in [0.717, 1.165) is 18.9 Å². The smallest absolute Gasteiger partial charge is 0.128 e. The first-order valence-corrected chi connectivity index (χ1v) is 6.98. The fourth-order valence-electron chi connectivity index (χ4n) is 2.82. The van der Waals surface area contributed by atoms with Crippen LogP contribution in [0.25, 0.3) is 0 Å². The summed E-state index contributed by atoms with van der Waals surface area (Å²) >= 11 is 0. The largest absolute Gasteiger partial charge is 0.247 e.